The number of thiophene rings is 1. The zero-order valence-electron chi connectivity index (χ0n) is 16.2. The van der Waals surface area contributed by atoms with E-state index in [0.717, 1.165) is 35.0 Å². The monoisotopic (exact) mass is 409 g/mol. The number of anilines is 1. The molecule has 0 saturated carbocycles. The van der Waals surface area contributed by atoms with Crippen molar-refractivity contribution in [2.24, 2.45) is 11.7 Å². The molecule has 3 aromatic rings. The maximum absolute atomic E-state index is 12.1. The summed E-state index contributed by atoms with van der Waals surface area (Å²) in [4.78, 5) is 30.2. The number of aromatic nitrogens is 3. The number of aryl methyl sites for hydroxylation is 1. The standard InChI is InChI=1S/C21H23N5O2S/c1-11-4-5-14-16(7-11)29-21-17(14)20(26-10-13(27)8-15(26)18(22)28)24-19(25-21)12-3-2-6-23-9-12/h2-3,6,9,11,13,15,27H,4-5,7-8,10H2,1H3,(H2,22,28)/t11-,13+,15+/m0/s1. The van der Waals surface area contributed by atoms with E-state index in [1.165, 1.54) is 10.4 Å². The summed E-state index contributed by atoms with van der Waals surface area (Å²) >= 11 is 1.72. The average Bonchev–Trinajstić information content (AvgIpc) is 3.27. The number of aliphatic hydroxyl groups is 1. The molecule has 1 aliphatic heterocycles. The molecular weight excluding hydrogens is 386 g/mol. The van der Waals surface area contributed by atoms with Crippen molar-refractivity contribution in [1.29, 1.82) is 0 Å². The smallest absolute Gasteiger partial charge is 0.240 e. The minimum absolute atomic E-state index is 0.326. The number of nitrogens with two attached hydrogens (primary N) is 1. The first kappa shape index (κ1) is 18.4. The summed E-state index contributed by atoms with van der Waals surface area (Å²) in [6, 6.07) is 3.22. The summed E-state index contributed by atoms with van der Waals surface area (Å²) in [5, 5.41) is 11.3. The zero-order chi connectivity index (χ0) is 20.1. The summed E-state index contributed by atoms with van der Waals surface area (Å²) in [7, 11) is 0. The number of fused-ring (bicyclic) bond motifs is 3. The predicted octanol–water partition coefficient (Wildman–Crippen LogP) is 2.30. The Morgan fingerprint density at radius 3 is 3.00 bits per heavy atom. The highest BCUT2D eigenvalue weighted by Crippen LogP contribution is 2.43. The fraction of sp³-hybridized carbons (Fsp3) is 0.429. The Balaban J connectivity index is 1.74. The van der Waals surface area contributed by atoms with Crippen LogP contribution in [0.2, 0.25) is 0 Å². The van der Waals surface area contributed by atoms with Crippen molar-refractivity contribution in [1.82, 2.24) is 15.0 Å². The number of primary amides is 1. The van der Waals surface area contributed by atoms with Gasteiger partial charge in [0.15, 0.2) is 5.82 Å². The van der Waals surface area contributed by atoms with Gasteiger partial charge in [-0.2, -0.15) is 0 Å². The molecule has 4 heterocycles. The highest BCUT2D eigenvalue weighted by molar-refractivity contribution is 7.19. The largest absolute Gasteiger partial charge is 0.391 e. The summed E-state index contributed by atoms with van der Waals surface area (Å²) in [6.45, 7) is 2.62. The molecule has 1 saturated heterocycles. The van der Waals surface area contributed by atoms with Crippen LogP contribution < -0.4 is 10.6 Å². The third kappa shape index (κ3) is 3.16. The van der Waals surface area contributed by atoms with Gasteiger partial charge >= 0.3 is 0 Å². The highest BCUT2D eigenvalue weighted by atomic mass is 32.1. The molecule has 0 spiro atoms. The van der Waals surface area contributed by atoms with E-state index < -0.39 is 18.1 Å². The third-order valence-corrected chi connectivity index (χ3v) is 7.08. The van der Waals surface area contributed by atoms with Crippen LogP contribution in [0.15, 0.2) is 24.5 Å². The topological polar surface area (TPSA) is 105 Å². The first-order valence-corrected chi connectivity index (χ1v) is 10.8. The highest BCUT2D eigenvalue weighted by Gasteiger charge is 2.38. The Bertz CT molecular complexity index is 1080. The van der Waals surface area contributed by atoms with Crippen molar-refractivity contribution < 1.29 is 9.90 Å². The van der Waals surface area contributed by atoms with Crippen LogP contribution in [-0.4, -0.2) is 44.7 Å². The Hall–Kier alpha value is -2.58. The van der Waals surface area contributed by atoms with E-state index >= 15 is 0 Å². The average molecular weight is 410 g/mol. The van der Waals surface area contributed by atoms with Gasteiger partial charge in [-0.3, -0.25) is 9.78 Å². The number of pyridine rings is 1. The molecule has 0 bridgehead atoms. The number of nitrogens with zero attached hydrogens (tertiary/aromatic N) is 4. The van der Waals surface area contributed by atoms with Crippen LogP contribution in [0.4, 0.5) is 5.82 Å². The number of aliphatic hydroxyl groups excluding tert-OH is 1. The van der Waals surface area contributed by atoms with Gasteiger partial charge in [0, 0.05) is 35.8 Å². The van der Waals surface area contributed by atoms with E-state index in [9.17, 15) is 9.90 Å². The van der Waals surface area contributed by atoms with Gasteiger partial charge in [0.05, 0.1) is 11.5 Å². The van der Waals surface area contributed by atoms with Gasteiger partial charge in [-0.1, -0.05) is 6.92 Å². The number of amides is 1. The van der Waals surface area contributed by atoms with Crippen LogP contribution in [-0.2, 0) is 17.6 Å². The number of β-amino-alcohol motifs (C(OH)–C–C–N with tert-alkyl or cyclic N) is 1. The van der Waals surface area contributed by atoms with E-state index in [1.54, 1.807) is 23.7 Å². The lowest BCUT2D eigenvalue weighted by Gasteiger charge is -2.25. The summed E-state index contributed by atoms with van der Waals surface area (Å²) < 4.78 is 0. The van der Waals surface area contributed by atoms with E-state index in [2.05, 4.69) is 11.9 Å². The van der Waals surface area contributed by atoms with Gasteiger partial charge in [-0.05, 0) is 42.9 Å². The van der Waals surface area contributed by atoms with Gasteiger partial charge < -0.3 is 15.7 Å². The van der Waals surface area contributed by atoms with Gasteiger partial charge in [0.1, 0.15) is 16.7 Å². The number of rotatable bonds is 3. The molecule has 8 heteroatoms. The van der Waals surface area contributed by atoms with Gasteiger partial charge in [0.2, 0.25) is 5.91 Å². The Morgan fingerprint density at radius 1 is 1.38 bits per heavy atom. The molecule has 1 fully saturated rings. The van der Waals surface area contributed by atoms with Crippen molar-refractivity contribution in [2.45, 2.75) is 44.8 Å². The van der Waals surface area contributed by atoms with Crippen LogP contribution >= 0.6 is 11.3 Å². The van der Waals surface area contributed by atoms with E-state index in [-0.39, 0.29) is 0 Å². The number of carbonyl (C=O) groups is 1. The van der Waals surface area contributed by atoms with Crippen LogP contribution in [0.25, 0.3) is 21.6 Å². The van der Waals surface area contributed by atoms with E-state index in [1.807, 2.05) is 17.0 Å². The quantitative estimate of drug-likeness (QED) is 0.688. The molecule has 3 atom stereocenters. The minimum atomic E-state index is -0.603. The minimum Gasteiger partial charge on any atom is -0.391 e. The molecule has 3 aromatic heterocycles. The molecule has 0 radical (unpaired) electrons. The Kier molecular flexibility index (Phi) is 4.48. The Labute approximate surface area is 172 Å². The second-order valence-electron chi connectivity index (χ2n) is 8.10. The SMILES string of the molecule is C[C@H]1CCc2c(sc3nc(-c4cccnc4)nc(N4C[C@H](O)C[C@@H]4C(N)=O)c23)C1. The summed E-state index contributed by atoms with van der Waals surface area (Å²) in [5.74, 6) is 1.50. The molecule has 7 nitrogen and oxygen atoms in total. The lowest BCUT2D eigenvalue weighted by atomic mass is 9.89. The fourth-order valence-electron chi connectivity index (χ4n) is 4.47. The maximum atomic E-state index is 12.1. The van der Waals surface area contributed by atoms with Gasteiger partial charge in [-0.25, -0.2) is 9.97 Å². The van der Waals surface area contributed by atoms with Gasteiger partial charge in [0.25, 0.3) is 0 Å². The molecular formula is C21H23N5O2S. The lowest BCUT2D eigenvalue weighted by Crippen LogP contribution is -2.41. The second-order valence-corrected chi connectivity index (χ2v) is 9.19. The fourth-order valence-corrected chi connectivity index (χ4v) is 5.85. The second kappa shape index (κ2) is 7.03. The van der Waals surface area contributed by atoms with Crippen molar-refractivity contribution in [3.8, 4) is 11.4 Å². The first-order chi connectivity index (χ1) is 14.0. The van der Waals surface area contributed by atoms with Gasteiger partial charge in [-0.15, -0.1) is 11.3 Å². The summed E-state index contributed by atoms with van der Waals surface area (Å²) in [6.07, 6.45) is 6.33. The van der Waals surface area contributed by atoms with E-state index in [4.69, 9.17) is 15.7 Å². The van der Waals surface area contributed by atoms with Crippen LogP contribution in [0.3, 0.4) is 0 Å². The molecule has 1 aliphatic carbocycles. The molecule has 0 aromatic carbocycles. The number of hydrogen-bond donors (Lipinski definition) is 2. The molecule has 0 unspecified atom stereocenters. The van der Waals surface area contributed by atoms with Crippen LogP contribution in [0, 0.1) is 5.92 Å². The Morgan fingerprint density at radius 2 is 2.24 bits per heavy atom. The van der Waals surface area contributed by atoms with Crippen LogP contribution in [0.1, 0.15) is 30.2 Å². The molecule has 5 rings (SSSR count). The molecule has 3 N–H and O–H groups in total. The van der Waals surface area contributed by atoms with Crippen LogP contribution in [0.5, 0.6) is 0 Å². The number of hydrogen-bond acceptors (Lipinski definition) is 7. The first-order valence-electron chi connectivity index (χ1n) is 9.98. The molecule has 150 valence electrons. The van der Waals surface area contributed by atoms with Crippen molar-refractivity contribution in [3.05, 3.63) is 35.0 Å². The van der Waals surface area contributed by atoms with Crippen molar-refractivity contribution in [2.75, 3.05) is 11.4 Å². The van der Waals surface area contributed by atoms with Crippen molar-refractivity contribution in [3.63, 3.8) is 0 Å². The lowest BCUT2D eigenvalue weighted by molar-refractivity contribution is -0.119. The maximum Gasteiger partial charge on any atom is 0.240 e. The van der Waals surface area contributed by atoms with E-state index in [0.29, 0.717) is 30.5 Å². The normalized spacial score (nSPS) is 24.1. The predicted molar refractivity (Wildman–Crippen MR) is 113 cm³/mol. The molecule has 1 amide bonds. The third-order valence-electron chi connectivity index (χ3n) is 5.94. The molecule has 29 heavy (non-hydrogen) atoms. The number of carbonyl (C=O) groups excluding carboxylic acids is 1. The summed E-state index contributed by atoms with van der Waals surface area (Å²) in [5.41, 5.74) is 7.79. The zero-order valence-corrected chi connectivity index (χ0v) is 17.0. The molecule has 2 aliphatic rings. The van der Waals surface area contributed by atoms with Crippen molar-refractivity contribution >= 4 is 33.3 Å².